The number of rotatable bonds is 2. The Morgan fingerprint density at radius 3 is 2.18 bits per heavy atom. The molecular weight excluding hydrogens is 249 g/mol. The first-order valence-electron chi connectivity index (χ1n) is 3.60. The maximum absolute atomic E-state index is 3.23. The third-order valence-corrected chi connectivity index (χ3v) is 3.08. The van der Waals surface area contributed by atoms with Crippen LogP contribution < -0.4 is 3.53 Å². The molecule has 0 aliphatic carbocycles. The van der Waals surface area contributed by atoms with Crippen molar-refractivity contribution < 1.29 is 0 Å². The summed E-state index contributed by atoms with van der Waals surface area (Å²) in [6, 6.07) is 10.4. The van der Waals surface area contributed by atoms with Gasteiger partial charge in [0, 0.05) is 28.4 Å². The van der Waals surface area contributed by atoms with Crippen LogP contribution >= 0.6 is 22.9 Å². The molecule has 0 aliphatic rings. The lowest BCUT2D eigenvalue weighted by Gasteiger charge is -2.22. The first-order valence-corrected chi connectivity index (χ1v) is 4.68. The lowest BCUT2D eigenvalue weighted by atomic mass is 9.96. The van der Waals surface area contributed by atoms with Crippen LogP contribution in [-0.4, -0.2) is 0 Å². The van der Waals surface area contributed by atoms with Crippen LogP contribution in [0.2, 0.25) is 0 Å². The molecule has 1 aromatic rings. The Labute approximate surface area is 81.7 Å². The molecule has 0 unspecified atom stereocenters. The predicted molar refractivity (Wildman–Crippen MR) is 56.6 cm³/mol. The van der Waals surface area contributed by atoms with Crippen LogP contribution in [0.1, 0.15) is 19.4 Å². The summed E-state index contributed by atoms with van der Waals surface area (Å²) in [5, 5.41) is 0. The van der Waals surface area contributed by atoms with E-state index in [-0.39, 0.29) is 5.54 Å². The standard InChI is InChI=1S/C9H12IN/c1-9(2,11-10)8-6-4-3-5-7-8/h3-7,11H,1-2H3. The van der Waals surface area contributed by atoms with E-state index in [1.54, 1.807) is 0 Å². The van der Waals surface area contributed by atoms with E-state index in [1.807, 2.05) is 6.07 Å². The molecule has 0 bridgehead atoms. The highest BCUT2D eigenvalue weighted by atomic mass is 127. The Morgan fingerprint density at radius 1 is 1.18 bits per heavy atom. The van der Waals surface area contributed by atoms with Crippen LogP contribution in [0.15, 0.2) is 30.3 Å². The molecule has 60 valence electrons. The van der Waals surface area contributed by atoms with Gasteiger partial charge in [0.1, 0.15) is 0 Å². The molecule has 1 N–H and O–H groups in total. The van der Waals surface area contributed by atoms with Crippen LogP contribution in [0.25, 0.3) is 0 Å². The Balaban J connectivity index is 2.93. The minimum Gasteiger partial charge on any atom is -0.251 e. The summed E-state index contributed by atoms with van der Waals surface area (Å²) in [5.41, 5.74) is 1.39. The third kappa shape index (κ3) is 2.17. The molecule has 11 heavy (non-hydrogen) atoms. The van der Waals surface area contributed by atoms with Crippen molar-refractivity contribution in [2.24, 2.45) is 0 Å². The molecular formula is C9H12IN. The Bertz CT molecular complexity index is 218. The van der Waals surface area contributed by atoms with Crippen LogP contribution in [0.5, 0.6) is 0 Å². The second kappa shape index (κ2) is 3.54. The Kier molecular flexibility index (Phi) is 2.90. The summed E-state index contributed by atoms with van der Waals surface area (Å²) in [6.07, 6.45) is 0. The number of benzene rings is 1. The minimum absolute atomic E-state index is 0.0713. The normalized spacial score (nSPS) is 11.5. The van der Waals surface area contributed by atoms with Gasteiger partial charge in [0.2, 0.25) is 0 Å². The summed E-state index contributed by atoms with van der Waals surface area (Å²) >= 11 is 2.18. The van der Waals surface area contributed by atoms with Gasteiger partial charge in [0.05, 0.1) is 0 Å². The van der Waals surface area contributed by atoms with Crippen molar-refractivity contribution in [2.75, 3.05) is 0 Å². The van der Waals surface area contributed by atoms with Gasteiger partial charge in [0.15, 0.2) is 0 Å². The van der Waals surface area contributed by atoms with E-state index in [1.165, 1.54) is 5.56 Å². The van der Waals surface area contributed by atoms with Crippen molar-refractivity contribution in [3.05, 3.63) is 35.9 Å². The Hall–Kier alpha value is -0.0900. The van der Waals surface area contributed by atoms with Gasteiger partial charge < -0.3 is 0 Å². The van der Waals surface area contributed by atoms with Crippen LogP contribution in [0.4, 0.5) is 0 Å². The van der Waals surface area contributed by atoms with Gasteiger partial charge >= 0.3 is 0 Å². The van der Waals surface area contributed by atoms with Crippen molar-refractivity contribution >= 4 is 22.9 Å². The summed E-state index contributed by atoms with van der Waals surface area (Å²) in [5.74, 6) is 0. The maximum atomic E-state index is 3.23. The van der Waals surface area contributed by atoms with Gasteiger partial charge in [-0.1, -0.05) is 30.3 Å². The number of nitrogens with one attached hydrogen (secondary N) is 1. The molecule has 0 heterocycles. The van der Waals surface area contributed by atoms with E-state index < -0.39 is 0 Å². The molecule has 0 saturated heterocycles. The monoisotopic (exact) mass is 261 g/mol. The van der Waals surface area contributed by atoms with Gasteiger partial charge in [-0.3, -0.25) is 3.53 Å². The summed E-state index contributed by atoms with van der Waals surface area (Å²) in [6.45, 7) is 4.32. The van der Waals surface area contributed by atoms with E-state index in [9.17, 15) is 0 Å². The zero-order valence-corrected chi connectivity index (χ0v) is 8.92. The van der Waals surface area contributed by atoms with E-state index in [2.05, 4.69) is 64.5 Å². The lowest BCUT2D eigenvalue weighted by molar-refractivity contribution is 0.525. The minimum atomic E-state index is 0.0713. The molecule has 0 amide bonds. The molecule has 0 saturated carbocycles. The van der Waals surface area contributed by atoms with Crippen LogP contribution in [0.3, 0.4) is 0 Å². The molecule has 1 nitrogen and oxygen atoms in total. The quantitative estimate of drug-likeness (QED) is 0.637. The fraction of sp³-hybridized carbons (Fsp3) is 0.333. The molecule has 0 fully saturated rings. The van der Waals surface area contributed by atoms with E-state index in [0.29, 0.717) is 0 Å². The summed E-state index contributed by atoms with van der Waals surface area (Å²) in [4.78, 5) is 0. The highest BCUT2D eigenvalue weighted by Crippen LogP contribution is 2.20. The molecule has 0 aromatic heterocycles. The first-order chi connectivity index (χ1) is 5.17. The molecule has 1 aromatic carbocycles. The van der Waals surface area contributed by atoms with Gasteiger partial charge in [-0.15, -0.1) is 0 Å². The van der Waals surface area contributed by atoms with Gasteiger partial charge in [-0.25, -0.2) is 0 Å². The lowest BCUT2D eigenvalue weighted by Crippen LogP contribution is -2.28. The zero-order chi connectivity index (χ0) is 8.32. The second-order valence-electron chi connectivity index (χ2n) is 3.09. The number of halogens is 1. The van der Waals surface area contributed by atoms with Crippen molar-refractivity contribution in [2.45, 2.75) is 19.4 Å². The topological polar surface area (TPSA) is 12.0 Å². The molecule has 1 rings (SSSR count). The third-order valence-electron chi connectivity index (χ3n) is 1.73. The zero-order valence-electron chi connectivity index (χ0n) is 6.76. The number of hydrogen-bond donors (Lipinski definition) is 1. The summed E-state index contributed by atoms with van der Waals surface area (Å²) in [7, 11) is 0. The van der Waals surface area contributed by atoms with Crippen LogP contribution in [0, 0.1) is 0 Å². The van der Waals surface area contributed by atoms with E-state index in [0.717, 1.165) is 0 Å². The van der Waals surface area contributed by atoms with Crippen molar-refractivity contribution in [3.63, 3.8) is 0 Å². The molecule has 0 radical (unpaired) electrons. The maximum Gasteiger partial charge on any atom is 0.0468 e. The molecule has 2 heteroatoms. The van der Waals surface area contributed by atoms with Crippen molar-refractivity contribution in [1.29, 1.82) is 0 Å². The van der Waals surface area contributed by atoms with Gasteiger partial charge in [-0.2, -0.15) is 0 Å². The first kappa shape index (κ1) is 9.00. The average molecular weight is 261 g/mol. The Morgan fingerprint density at radius 2 is 1.73 bits per heavy atom. The highest BCUT2D eigenvalue weighted by Gasteiger charge is 2.16. The molecule has 0 aliphatic heterocycles. The largest absolute Gasteiger partial charge is 0.251 e. The smallest absolute Gasteiger partial charge is 0.0468 e. The second-order valence-corrected chi connectivity index (χ2v) is 3.62. The van der Waals surface area contributed by atoms with Gasteiger partial charge in [-0.05, 0) is 19.4 Å². The van der Waals surface area contributed by atoms with Gasteiger partial charge in [0.25, 0.3) is 0 Å². The van der Waals surface area contributed by atoms with E-state index >= 15 is 0 Å². The van der Waals surface area contributed by atoms with Crippen LogP contribution in [-0.2, 0) is 5.54 Å². The highest BCUT2D eigenvalue weighted by molar-refractivity contribution is 14.1. The molecule has 0 spiro atoms. The average Bonchev–Trinajstić information content (AvgIpc) is 2.06. The van der Waals surface area contributed by atoms with Crippen molar-refractivity contribution in [3.8, 4) is 0 Å². The molecule has 0 atom stereocenters. The SMILES string of the molecule is CC(C)(NI)c1ccccc1. The number of hydrogen-bond acceptors (Lipinski definition) is 1. The van der Waals surface area contributed by atoms with Crippen molar-refractivity contribution in [1.82, 2.24) is 3.53 Å². The fourth-order valence-electron chi connectivity index (χ4n) is 0.909. The fourth-order valence-corrected chi connectivity index (χ4v) is 1.22. The van der Waals surface area contributed by atoms with E-state index in [4.69, 9.17) is 0 Å². The summed E-state index contributed by atoms with van der Waals surface area (Å²) < 4.78 is 3.23. The predicted octanol–water partition coefficient (Wildman–Crippen LogP) is 2.86.